The second-order valence-corrected chi connectivity index (χ2v) is 7.31. The lowest BCUT2D eigenvalue weighted by molar-refractivity contribution is -0.137. The second-order valence-electron chi connectivity index (χ2n) is 7.31. The lowest BCUT2D eigenvalue weighted by Crippen LogP contribution is -2.28. The van der Waals surface area contributed by atoms with E-state index >= 15 is 0 Å². The highest BCUT2D eigenvalue weighted by Crippen LogP contribution is 2.34. The summed E-state index contributed by atoms with van der Waals surface area (Å²) in [5.74, 6) is -0.677. The minimum atomic E-state index is -4.52. The minimum Gasteiger partial charge on any atom is -0.496 e. The topological polar surface area (TPSA) is 87.3 Å². The summed E-state index contributed by atoms with van der Waals surface area (Å²) in [6.45, 7) is -0.0181. The monoisotopic (exact) mass is 444 g/mol. The highest BCUT2D eigenvalue weighted by Gasteiger charge is 2.37. The molecule has 10 heteroatoms. The number of alkyl halides is 3. The van der Waals surface area contributed by atoms with E-state index in [0.29, 0.717) is 11.4 Å². The smallest absolute Gasteiger partial charge is 0.416 e. The van der Waals surface area contributed by atoms with Crippen molar-refractivity contribution in [1.82, 2.24) is 10.2 Å². The van der Waals surface area contributed by atoms with Gasteiger partial charge in [0.1, 0.15) is 5.75 Å². The number of hydrogen-bond donors (Lipinski definition) is 2. The van der Waals surface area contributed by atoms with Gasteiger partial charge in [0.05, 0.1) is 24.3 Å². The van der Waals surface area contributed by atoms with Gasteiger partial charge in [-0.3, -0.25) is 14.7 Å². The van der Waals surface area contributed by atoms with E-state index in [1.807, 2.05) is 18.2 Å². The fraction of sp³-hybridized carbons (Fsp3) is 0.227. The molecular formula is C22H19F3N4O3. The van der Waals surface area contributed by atoms with E-state index in [1.165, 1.54) is 17.0 Å². The van der Waals surface area contributed by atoms with Crippen molar-refractivity contribution < 1.29 is 27.5 Å². The van der Waals surface area contributed by atoms with Gasteiger partial charge in [0, 0.05) is 30.3 Å². The predicted molar refractivity (Wildman–Crippen MR) is 111 cm³/mol. The third-order valence-electron chi connectivity index (χ3n) is 5.21. The van der Waals surface area contributed by atoms with Crippen LogP contribution in [0.25, 0.3) is 11.3 Å². The predicted octanol–water partition coefficient (Wildman–Crippen LogP) is 4.10. The standard InChI is InChI=1S/C22H19F3N4O3/c1-32-18-8-3-2-7-16(18)17-11-19(28-27-17)26-21(31)13-9-20(30)29(12-13)15-6-4-5-14(10-15)22(23,24)25/h2-8,10-11,13H,9,12H2,1H3,(H2,26,27,28,31). The van der Waals surface area contributed by atoms with Crippen LogP contribution in [-0.2, 0) is 15.8 Å². The third kappa shape index (κ3) is 4.29. The van der Waals surface area contributed by atoms with Crippen LogP contribution in [0.5, 0.6) is 5.75 Å². The number of nitrogens with zero attached hydrogens (tertiary/aromatic N) is 2. The molecule has 2 aromatic carbocycles. The van der Waals surface area contributed by atoms with E-state index < -0.39 is 29.5 Å². The molecule has 1 atom stereocenters. The summed E-state index contributed by atoms with van der Waals surface area (Å²) >= 11 is 0. The lowest BCUT2D eigenvalue weighted by atomic mass is 10.1. The number of carbonyl (C=O) groups is 2. The molecule has 1 fully saturated rings. The first-order chi connectivity index (χ1) is 15.3. The molecule has 166 valence electrons. The Labute approximate surface area is 181 Å². The number of para-hydroxylation sites is 1. The maximum Gasteiger partial charge on any atom is 0.416 e. The van der Waals surface area contributed by atoms with E-state index in [0.717, 1.165) is 17.7 Å². The van der Waals surface area contributed by atoms with Gasteiger partial charge in [0.25, 0.3) is 0 Å². The van der Waals surface area contributed by atoms with E-state index in [1.54, 1.807) is 19.2 Å². The van der Waals surface area contributed by atoms with Gasteiger partial charge in [-0.25, -0.2) is 0 Å². The van der Waals surface area contributed by atoms with Crippen molar-refractivity contribution in [2.24, 2.45) is 5.92 Å². The van der Waals surface area contributed by atoms with Crippen molar-refractivity contribution in [1.29, 1.82) is 0 Å². The average molecular weight is 444 g/mol. The SMILES string of the molecule is COc1ccccc1-c1cc(NC(=O)C2CC(=O)N(c3cccc(C(F)(F)F)c3)C2)n[nH]1. The number of ether oxygens (including phenoxy) is 1. The fourth-order valence-electron chi connectivity index (χ4n) is 3.60. The lowest BCUT2D eigenvalue weighted by Gasteiger charge is -2.18. The number of hydrogen-bond acceptors (Lipinski definition) is 4. The largest absolute Gasteiger partial charge is 0.496 e. The zero-order valence-corrected chi connectivity index (χ0v) is 16.9. The highest BCUT2D eigenvalue weighted by atomic mass is 19.4. The first-order valence-corrected chi connectivity index (χ1v) is 9.73. The first-order valence-electron chi connectivity index (χ1n) is 9.73. The summed E-state index contributed by atoms with van der Waals surface area (Å²) in [4.78, 5) is 26.3. The van der Waals surface area contributed by atoms with Gasteiger partial charge in [-0.2, -0.15) is 18.3 Å². The van der Waals surface area contributed by atoms with Crippen LogP contribution in [-0.4, -0.2) is 35.7 Å². The molecule has 0 spiro atoms. The van der Waals surface area contributed by atoms with Crippen LogP contribution >= 0.6 is 0 Å². The number of methoxy groups -OCH3 is 1. The zero-order valence-electron chi connectivity index (χ0n) is 16.9. The molecule has 7 nitrogen and oxygen atoms in total. The Hall–Kier alpha value is -3.82. The molecule has 2 heterocycles. The molecule has 1 unspecified atom stereocenters. The summed E-state index contributed by atoms with van der Waals surface area (Å²) in [5, 5.41) is 9.56. The summed E-state index contributed by atoms with van der Waals surface area (Å²) < 4.78 is 44.3. The average Bonchev–Trinajstić information content (AvgIpc) is 3.40. The van der Waals surface area contributed by atoms with E-state index in [2.05, 4.69) is 15.5 Å². The van der Waals surface area contributed by atoms with Gasteiger partial charge in [-0.05, 0) is 30.3 Å². The molecule has 1 aliphatic heterocycles. The second kappa shape index (κ2) is 8.37. The molecule has 3 aromatic rings. The third-order valence-corrected chi connectivity index (χ3v) is 5.21. The molecule has 0 bridgehead atoms. The Bertz CT molecular complexity index is 1160. The Morgan fingerprint density at radius 1 is 1.19 bits per heavy atom. The molecule has 0 aliphatic carbocycles. The Morgan fingerprint density at radius 3 is 2.72 bits per heavy atom. The van der Waals surface area contributed by atoms with Crippen molar-refractivity contribution in [3.05, 3.63) is 60.2 Å². The maximum absolute atomic E-state index is 13.0. The fourth-order valence-corrected chi connectivity index (χ4v) is 3.60. The zero-order chi connectivity index (χ0) is 22.9. The molecule has 1 saturated heterocycles. The minimum absolute atomic E-state index is 0.0181. The molecule has 0 radical (unpaired) electrons. The van der Waals surface area contributed by atoms with Crippen LogP contribution in [0.3, 0.4) is 0 Å². The number of anilines is 2. The number of aromatic nitrogens is 2. The maximum atomic E-state index is 13.0. The van der Waals surface area contributed by atoms with E-state index in [4.69, 9.17) is 4.74 Å². The van der Waals surface area contributed by atoms with E-state index in [-0.39, 0.29) is 24.5 Å². The van der Waals surface area contributed by atoms with Gasteiger partial charge >= 0.3 is 6.18 Å². The van der Waals surface area contributed by atoms with Crippen LogP contribution in [0, 0.1) is 5.92 Å². The highest BCUT2D eigenvalue weighted by molar-refractivity contribution is 6.03. The van der Waals surface area contributed by atoms with Crippen molar-refractivity contribution in [3.8, 4) is 17.0 Å². The Morgan fingerprint density at radius 2 is 1.97 bits per heavy atom. The molecule has 32 heavy (non-hydrogen) atoms. The van der Waals surface area contributed by atoms with Crippen molar-refractivity contribution in [2.45, 2.75) is 12.6 Å². The number of aromatic amines is 1. The molecule has 1 aliphatic rings. The van der Waals surface area contributed by atoms with Gasteiger partial charge < -0.3 is 15.0 Å². The quantitative estimate of drug-likeness (QED) is 0.621. The van der Waals surface area contributed by atoms with Crippen molar-refractivity contribution in [3.63, 3.8) is 0 Å². The number of H-pyrrole nitrogens is 1. The molecule has 2 amide bonds. The van der Waals surface area contributed by atoms with Crippen LogP contribution in [0.1, 0.15) is 12.0 Å². The van der Waals surface area contributed by atoms with Crippen LogP contribution < -0.4 is 15.0 Å². The molecule has 2 N–H and O–H groups in total. The summed E-state index contributed by atoms with van der Waals surface area (Å²) in [6, 6.07) is 13.4. The molecular weight excluding hydrogens is 425 g/mol. The van der Waals surface area contributed by atoms with Crippen LogP contribution in [0.15, 0.2) is 54.6 Å². The Balaban J connectivity index is 1.46. The number of carbonyl (C=O) groups excluding carboxylic acids is 2. The summed E-state index contributed by atoms with van der Waals surface area (Å²) in [5.41, 5.74) is 0.648. The van der Waals surface area contributed by atoms with E-state index in [9.17, 15) is 22.8 Å². The van der Waals surface area contributed by atoms with Crippen molar-refractivity contribution in [2.75, 3.05) is 23.9 Å². The van der Waals surface area contributed by atoms with Gasteiger partial charge in [-0.1, -0.05) is 18.2 Å². The summed E-state index contributed by atoms with van der Waals surface area (Å²) in [7, 11) is 1.55. The number of amides is 2. The Kier molecular flexibility index (Phi) is 5.60. The van der Waals surface area contributed by atoms with Crippen LogP contribution in [0.4, 0.5) is 24.7 Å². The number of benzene rings is 2. The number of halogens is 3. The van der Waals surface area contributed by atoms with Gasteiger partial charge in [0.2, 0.25) is 11.8 Å². The van der Waals surface area contributed by atoms with Gasteiger partial charge in [0.15, 0.2) is 5.82 Å². The number of nitrogens with one attached hydrogen (secondary N) is 2. The van der Waals surface area contributed by atoms with Crippen molar-refractivity contribution >= 4 is 23.3 Å². The normalized spacial score (nSPS) is 16.3. The molecule has 0 saturated carbocycles. The molecule has 4 rings (SSSR count). The van der Waals surface area contributed by atoms with Crippen LogP contribution in [0.2, 0.25) is 0 Å². The molecule has 1 aromatic heterocycles. The number of rotatable bonds is 5. The summed E-state index contributed by atoms with van der Waals surface area (Å²) in [6.07, 6.45) is -4.62. The first kappa shape index (κ1) is 21.4. The van der Waals surface area contributed by atoms with Gasteiger partial charge in [-0.15, -0.1) is 0 Å².